The number of nitrogens with zero attached hydrogens (tertiary/aromatic N) is 1. The van der Waals surface area contributed by atoms with Crippen LogP contribution < -0.4 is 5.73 Å². The molecule has 0 aliphatic heterocycles. The Morgan fingerprint density at radius 3 is 2.67 bits per heavy atom. The Balaban J connectivity index is 1.76. The quantitative estimate of drug-likeness (QED) is 0.864. The lowest BCUT2D eigenvalue weighted by atomic mass is 9.89. The molecule has 2 saturated carbocycles. The Hall–Kier alpha value is -0.780. The van der Waals surface area contributed by atoms with Crippen molar-refractivity contribution in [1.29, 1.82) is 0 Å². The van der Waals surface area contributed by atoms with E-state index in [0.717, 1.165) is 5.92 Å². The van der Waals surface area contributed by atoms with E-state index in [-0.39, 0.29) is 4.90 Å². The van der Waals surface area contributed by atoms with Crippen LogP contribution in [-0.4, -0.2) is 26.3 Å². The van der Waals surface area contributed by atoms with E-state index >= 15 is 0 Å². The first kappa shape index (κ1) is 15.1. The van der Waals surface area contributed by atoms with Gasteiger partial charge in [-0.25, -0.2) is 12.7 Å². The molecule has 0 amide bonds. The number of fused-ring (bicyclic) bond motifs is 2. The van der Waals surface area contributed by atoms with Gasteiger partial charge < -0.3 is 5.73 Å². The summed E-state index contributed by atoms with van der Waals surface area (Å²) in [5, 5.41) is 0.379. The van der Waals surface area contributed by atoms with Gasteiger partial charge in [-0.05, 0) is 55.2 Å². The minimum absolute atomic E-state index is 0.218. The molecule has 2 N–H and O–H groups in total. The molecule has 1 aromatic rings. The highest BCUT2D eigenvalue weighted by Gasteiger charge is 2.40. The summed E-state index contributed by atoms with van der Waals surface area (Å²) in [5.41, 5.74) is 6.01. The second-order valence-corrected chi connectivity index (χ2v) is 8.86. The van der Waals surface area contributed by atoms with E-state index < -0.39 is 10.0 Å². The lowest BCUT2D eigenvalue weighted by Crippen LogP contribution is -2.33. The zero-order valence-electron chi connectivity index (χ0n) is 12.1. The summed E-state index contributed by atoms with van der Waals surface area (Å²) in [4.78, 5) is 0.218. The number of hydrogen-bond acceptors (Lipinski definition) is 3. The van der Waals surface area contributed by atoms with Crippen LogP contribution in [0.1, 0.15) is 25.7 Å². The Morgan fingerprint density at radius 1 is 1.33 bits per heavy atom. The average Bonchev–Trinajstić information content (AvgIpc) is 3.04. The van der Waals surface area contributed by atoms with Crippen LogP contribution in [-0.2, 0) is 10.0 Å². The SMILES string of the molecule is CN(CC1CC2CCC1C2)S(=O)(=O)c1ccc(Cl)c(N)c1. The Bertz CT molecular complexity index is 647. The van der Waals surface area contributed by atoms with Crippen molar-refractivity contribution in [2.75, 3.05) is 19.3 Å². The van der Waals surface area contributed by atoms with Gasteiger partial charge in [0, 0.05) is 13.6 Å². The predicted molar refractivity (Wildman–Crippen MR) is 84.6 cm³/mol. The summed E-state index contributed by atoms with van der Waals surface area (Å²) >= 11 is 5.86. The maximum atomic E-state index is 12.6. The van der Waals surface area contributed by atoms with E-state index in [0.29, 0.717) is 29.1 Å². The van der Waals surface area contributed by atoms with Crippen molar-refractivity contribution in [1.82, 2.24) is 4.31 Å². The normalized spacial score (nSPS) is 28.4. The Morgan fingerprint density at radius 2 is 2.10 bits per heavy atom. The van der Waals surface area contributed by atoms with Crippen LogP contribution in [0.4, 0.5) is 5.69 Å². The molecule has 3 rings (SSSR count). The highest BCUT2D eigenvalue weighted by molar-refractivity contribution is 7.89. The minimum atomic E-state index is -3.49. The lowest BCUT2D eigenvalue weighted by Gasteiger charge is -2.26. The van der Waals surface area contributed by atoms with Crippen molar-refractivity contribution in [2.45, 2.75) is 30.6 Å². The van der Waals surface area contributed by atoms with Gasteiger partial charge in [-0.15, -0.1) is 0 Å². The molecule has 1 aromatic carbocycles. The van der Waals surface area contributed by atoms with Gasteiger partial charge >= 0.3 is 0 Å². The number of sulfonamides is 1. The second-order valence-electron chi connectivity index (χ2n) is 6.40. The standard InChI is InChI=1S/C15H21ClN2O2S/c1-18(9-12-7-10-2-3-11(12)6-10)21(19,20)13-4-5-14(16)15(17)8-13/h4-5,8,10-12H,2-3,6-7,9,17H2,1H3. The largest absolute Gasteiger partial charge is 0.397 e. The van der Waals surface area contributed by atoms with E-state index in [2.05, 4.69) is 0 Å². The van der Waals surface area contributed by atoms with Crippen LogP contribution in [0.15, 0.2) is 23.1 Å². The fourth-order valence-corrected chi connectivity index (χ4v) is 5.27. The molecule has 0 saturated heterocycles. The van der Waals surface area contributed by atoms with Gasteiger partial charge in [0.15, 0.2) is 0 Å². The fraction of sp³-hybridized carbons (Fsp3) is 0.600. The Kier molecular flexibility index (Phi) is 3.93. The third-order valence-corrected chi connectivity index (χ3v) is 7.22. The third-order valence-electron chi connectivity index (χ3n) is 5.05. The summed E-state index contributed by atoms with van der Waals surface area (Å²) in [6, 6.07) is 4.50. The smallest absolute Gasteiger partial charge is 0.242 e. The minimum Gasteiger partial charge on any atom is -0.397 e. The molecule has 2 aliphatic rings. The molecule has 2 bridgehead atoms. The fourth-order valence-electron chi connectivity index (χ4n) is 3.89. The number of nitrogen functional groups attached to an aromatic ring is 1. The van der Waals surface area contributed by atoms with Crippen LogP contribution >= 0.6 is 11.6 Å². The Labute approximate surface area is 131 Å². The molecule has 3 unspecified atom stereocenters. The first-order valence-electron chi connectivity index (χ1n) is 7.39. The molecule has 21 heavy (non-hydrogen) atoms. The van der Waals surface area contributed by atoms with E-state index in [9.17, 15) is 8.42 Å². The molecule has 2 aliphatic carbocycles. The number of halogens is 1. The molecule has 0 aromatic heterocycles. The monoisotopic (exact) mass is 328 g/mol. The van der Waals surface area contributed by atoms with Gasteiger partial charge in [0.25, 0.3) is 0 Å². The molecule has 2 fully saturated rings. The van der Waals surface area contributed by atoms with Gasteiger partial charge in [-0.2, -0.15) is 0 Å². The van der Waals surface area contributed by atoms with Gasteiger partial charge in [-0.3, -0.25) is 0 Å². The predicted octanol–water partition coefficient (Wildman–Crippen LogP) is 2.98. The third kappa shape index (κ3) is 2.79. The van der Waals surface area contributed by atoms with Gasteiger partial charge in [0.05, 0.1) is 15.6 Å². The number of rotatable bonds is 4. The molecule has 116 valence electrons. The zero-order chi connectivity index (χ0) is 15.2. The van der Waals surface area contributed by atoms with Crippen LogP contribution in [0.5, 0.6) is 0 Å². The first-order valence-corrected chi connectivity index (χ1v) is 9.21. The van der Waals surface area contributed by atoms with Crippen molar-refractivity contribution in [3.05, 3.63) is 23.2 Å². The summed E-state index contributed by atoms with van der Waals surface area (Å²) in [6.45, 7) is 0.603. The molecule has 0 radical (unpaired) electrons. The maximum absolute atomic E-state index is 12.6. The van der Waals surface area contributed by atoms with Crippen molar-refractivity contribution >= 4 is 27.3 Å². The van der Waals surface area contributed by atoms with E-state index in [1.807, 2.05) is 0 Å². The van der Waals surface area contributed by atoms with Crippen molar-refractivity contribution in [3.63, 3.8) is 0 Å². The second kappa shape index (κ2) is 5.45. The average molecular weight is 329 g/mol. The molecule has 0 heterocycles. The summed E-state index contributed by atoms with van der Waals surface area (Å²) in [5.74, 6) is 2.04. The number of anilines is 1. The summed E-state index contributed by atoms with van der Waals surface area (Å²) in [7, 11) is -1.83. The summed E-state index contributed by atoms with van der Waals surface area (Å²) < 4.78 is 26.7. The lowest BCUT2D eigenvalue weighted by molar-refractivity contribution is 0.280. The summed E-state index contributed by atoms with van der Waals surface area (Å²) in [6.07, 6.45) is 5.04. The van der Waals surface area contributed by atoms with E-state index in [4.69, 9.17) is 17.3 Å². The van der Waals surface area contributed by atoms with Crippen LogP contribution in [0, 0.1) is 17.8 Å². The molecular weight excluding hydrogens is 308 g/mol. The maximum Gasteiger partial charge on any atom is 0.242 e. The van der Waals surface area contributed by atoms with E-state index in [1.54, 1.807) is 7.05 Å². The van der Waals surface area contributed by atoms with Crippen molar-refractivity contribution in [2.24, 2.45) is 17.8 Å². The topological polar surface area (TPSA) is 63.4 Å². The molecule has 0 spiro atoms. The first-order chi connectivity index (χ1) is 9.88. The van der Waals surface area contributed by atoms with Crippen LogP contribution in [0.25, 0.3) is 0 Å². The van der Waals surface area contributed by atoms with Crippen molar-refractivity contribution in [3.8, 4) is 0 Å². The van der Waals surface area contributed by atoms with Gasteiger partial charge in [0.2, 0.25) is 10.0 Å². The zero-order valence-corrected chi connectivity index (χ0v) is 13.7. The van der Waals surface area contributed by atoms with Crippen molar-refractivity contribution < 1.29 is 8.42 Å². The van der Waals surface area contributed by atoms with Gasteiger partial charge in [-0.1, -0.05) is 18.0 Å². The molecular formula is C15H21ClN2O2S. The van der Waals surface area contributed by atoms with E-state index in [1.165, 1.54) is 48.2 Å². The molecule has 6 heteroatoms. The van der Waals surface area contributed by atoms with Crippen LogP contribution in [0.3, 0.4) is 0 Å². The van der Waals surface area contributed by atoms with Gasteiger partial charge in [0.1, 0.15) is 0 Å². The number of nitrogens with two attached hydrogens (primary N) is 1. The molecule has 4 nitrogen and oxygen atoms in total. The highest BCUT2D eigenvalue weighted by atomic mass is 35.5. The highest BCUT2D eigenvalue weighted by Crippen LogP contribution is 2.48. The van der Waals surface area contributed by atoms with Crippen LogP contribution in [0.2, 0.25) is 5.02 Å². The number of hydrogen-bond donors (Lipinski definition) is 1. The molecule has 3 atom stereocenters. The number of benzene rings is 1.